The molecule has 1 rings (SSSR count). The van der Waals surface area contributed by atoms with Gasteiger partial charge in [-0.15, -0.1) is 0 Å². The number of hydrogen-bond donors (Lipinski definition) is 0. The molecule has 5 heteroatoms. The summed E-state index contributed by atoms with van der Waals surface area (Å²) in [5.74, 6) is -0.559. The van der Waals surface area contributed by atoms with Crippen molar-refractivity contribution >= 4 is 28.5 Å². The van der Waals surface area contributed by atoms with Gasteiger partial charge in [0.25, 0.3) is 5.91 Å². The summed E-state index contributed by atoms with van der Waals surface area (Å²) in [7, 11) is 1.64. The van der Waals surface area contributed by atoms with Gasteiger partial charge >= 0.3 is 0 Å². The number of hydrogen-bond acceptors (Lipinski definition) is 2. The third kappa shape index (κ3) is 3.40. The molecule has 1 amide bonds. The average Bonchev–Trinajstić information content (AvgIpc) is 2.27. The van der Waals surface area contributed by atoms with E-state index < -0.39 is 0 Å². The first-order valence-corrected chi connectivity index (χ1v) is 6.14. The highest BCUT2D eigenvalue weighted by atomic mass is 127. The SMILES string of the molecule is CC(CC#N)N(C)C(=O)c1ccc(F)cc1I. The van der Waals surface area contributed by atoms with Crippen molar-refractivity contribution in [1.82, 2.24) is 4.90 Å². The minimum Gasteiger partial charge on any atom is -0.338 e. The van der Waals surface area contributed by atoms with E-state index in [1.807, 2.05) is 28.7 Å². The lowest BCUT2D eigenvalue weighted by Crippen LogP contribution is -2.35. The van der Waals surface area contributed by atoms with Gasteiger partial charge in [-0.25, -0.2) is 4.39 Å². The molecule has 1 unspecified atom stereocenters. The summed E-state index contributed by atoms with van der Waals surface area (Å²) < 4.78 is 13.5. The van der Waals surface area contributed by atoms with Crippen molar-refractivity contribution in [2.45, 2.75) is 19.4 Å². The molecule has 3 nitrogen and oxygen atoms in total. The van der Waals surface area contributed by atoms with E-state index in [4.69, 9.17) is 5.26 Å². The maximum atomic E-state index is 12.9. The molecule has 0 spiro atoms. The van der Waals surface area contributed by atoms with Gasteiger partial charge in [-0.3, -0.25) is 4.79 Å². The van der Waals surface area contributed by atoms with Gasteiger partial charge in [0, 0.05) is 16.7 Å². The summed E-state index contributed by atoms with van der Waals surface area (Å²) in [6.45, 7) is 1.80. The van der Waals surface area contributed by atoms with Gasteiger partial charge in [-0.2, -0.15) is 5.26 Å². The van der Waals surface area contributed by atoms with E-state index in [0.29, 0.717) is 9.13 Å². The smallest absolute Gasteiger partial charge is 0.254 e. The van der Waals surface area contributed by atoms with Crippen LogP contribution in [-0.4, -0.2) is 23.9 Å². The Labute approximate surface area is 113 Å². The highest BCUT2D eigenvalue weighted by molar-refractivity contribution is 14.1. The summed E-state index contributed by atoms with van der Waals surface area (Å²) in [6.07, 6.45) is 0.278. The molecule has 1 atom stereocenters. The van der Waals surface area contributed by atoms with E-state index in [9.17, 15) is 9.18 Å². The van der Waals surface area contributed by atoms with Crippen LogP contribution in [0, 0.1) is 20.7 Å². The zero-order chi connectivity index (χ0) is 13.0. The van der Waals surface area contributed by atoms with E-state index in [-0.39, 0.29) is 24.2 Å². The fourth-order valence-electron chi connectivity index (χ4n) is 1.32. The standard InChI is InChI=1S/C12H12FIN2O/c1-8(5-6-15)16(2)12(17)10-4-3-9(13)7-11(10)14/h3-4,7-8H,5H2,1-2H3. The number of carbonyl (C=O) groups excluding carboxylic acids is 1. The fourth-order valence-corrected chi connectivity index (χ4v) is 2.03. The monoisotopic (exact) mass is 346 g/mol. The Morgan fingerprint density at radius 3 is 2.82 bits per heavy atom. The van der Waals surface area contributed by atoms with Gasteiger partial charge < -0.3 is 4.90 Å². The second-order valence-electron chi connectivity index (χ2n) is 3.75. The van der Waals surface area contributed by atoms with Crippen LogP contribution in [0.25, 0.3) is 0 Å². The number of nitriles is 1. The number of nitrogens with zero attached hydrogens (tertiary/aromatic N) is 2. The lowest BCUT2D eigenvalue weighted by atomic mass is 10.1. The van der Waals surface area contributed by atoms with Crippen LogP contribution in [0.5, 0.6) is 0 Å². The maximum absolute atomic E-state index is 12.9. The number of halogens is 2. The van der Waals surface area contributed by atoms with Crippen LogP contribution in [0.3, 0.4) is 0 Å². The van der Waals surface area contributed by atoms with Crippen LogP contribution in [0.4, 0.5) is 4.39 Å². The second kappa shape index (κ2) is 5.96. The van der Waals surface area contributed by atoms with Gasteiger partial charge in [0.05, 0.1) is 18.1 Å². The van der Waals surface area contributed by atoms with E-state index in [2.05, 4.69) is 0 Å². The lowest BCUT2D eigenvalue weighted by Gasteiger charge is -2.23. The van der Waals surface area contributed by atoms with Crippen LogP contribution < -0.4 is 0 Å². The summed E-state index contributed by atoms with van der Waals surface area (Å²) in [5, 5.41) is 8.59. The quantitative estimate of drug-likeness (QED) is 0.790. The first-order chi connectivity index (χ1) is 7.97. The van der Waals surface area contributed by atoms with Crippen molar-refractivity contribution in [3.8, 4) is 6.07 Å². The van der Waals surface area contributed by atoms with E-state index >= 15 is 0 Å². The van der Waals surface area contributed by atoms with Gasteiger partial charge in [0.15, 0.2) is 0 Å². The zero-order valence-electron chi connectivity index (χ0n) is 9.58. The van der Waals surface area contributed by atoms with Crippen LogP contribution in [0.15, 0.2) is 18.2 Å². The van der Waals surface area contributed by atoms with E-state index in [1.165, 1.54) is 23.1 Å². The molecule has 0 aliphatic carbocycles. The molecule has 0 radical (unpaired) electrons. The molecule has 0 aliphatic rings. The van der Waals surface area contributed by atoms with Crippen LogP contribution in [0.1, 0.15) is 23.7 Å². The van der Waals surface area contributed by atoms with Crippen LogP contribution in [-0.2, 0) is 0 Å². The van der Waals surface area contributed by atoms with Crippen molar-refractivity contribution in [3.63, 3.8) is 0 Å². The highest BCUT2D eigenvalue weighted by Gasteiger charge is 2.19. The van der Waals surface area contributed by atoms with Crippen molar-refractivity contribution in [2.24, 2.45) is 0 Å². The highest BCUT2D eigenvalue weighted by Crippen LogP contribution is 2.17. The zero-order valence-corrected chi connectivity index (χ0v) is 11.7. The maximum Gasteiger partial charge on any atom is 0.254 e. The Kier molecular flexibility index (Phi) is 4.87. The molecule has 0 heterocycles. The fraction of sp³-hybridized carbons (Fsp3) is 0.333. The molecule has 0 N–H and O–H groups in total. The first kappa shape index (κ1) is 13.9. The summed E-state index contributed by atoms with van der Waals surface area (Å²) in [5.41, 5.74) is 0.458. The predicted molar refractivity (Wildman–Crippen MR) is 70.9 cm³/mol. The molecular weight excluding hydrogens is 334 g/mol. The molecule has 17 heavy (non-hydrogen) atoms. The summed E-state index contributed by atoms with van der Waals surface area (Å²) in [4.78, 5) is 13.6. The van der Waals surface area contributed by atoms with Crippen molar-refractivity contribution in [3.05, 3.63) is 33.1 Å². The van der Waals surface area contributed by atoms with Crippen LogP contribution in [0.2, 0.25) is 0 Å². The topological polar surface area (TPSA) is 44.1 Å². The van der Waals surface area contributed by atoms with Gasteiger partial charge in [0.2, 0.25) is 0 Å². The lowest BCUT2D eigenvalue weighted by molar-refractivity contribution is 0.0745. The Bertz CT molecular complexity index is 470. The minimum atomic E-state index is -0.362. The third-order valence-corrected chi connectivity index (χ3v) is 3.42. The van der Waals surface area contributed by atoms with Crippen molar-refractivity contribution in [2.75, 3.05) is 7.05 Å². The predicted octanol–water partition coefficient (Wildman–Crippen LogP) is 2.80. The molecule has 0 aliphatic heterocycles. The van der Waals surface area contributed by atoms with Crippen molar-refractivity contribution < 1.29 is 9.18 Å². The molecule has 1 aromatic carbocycles. The average molecular weight is 346 g/mol. The molecule has 0 saturated carbocycles. The molecule has 0 aromatic heterocycles. The Hall–Kier alpha value is -1.16. The van der Waals surface area contributed by atoms with Gasteiger partial charge in [-0.05, 0) is 47.7 Å². The normalized spacial score (nSPS) is 11.7. The van der Waals surface area contributed by atoms with Crippen molar-refractivity contribution in [1.29, 1.82) is 5.26 Å². The number of amides is 1. The molecule has 1 aromatic rings. The molecule has 0 saturated heterocycles. The number of benzene rings is 1. The minimum absolute atomic E-state index is 0.159. The molecule has 90 valence electrons. The van der Waals surface area contributed by atoms with Crippen LogP contribution >= 0.6 is 22.6 Å². The largest absolute Gasteiger partial charge is 0.338 e. The number of rotatable bonds is 3. The second-order valence-corrected chi connectivity index (χ2v) is 4.91. The molecular formula is C12H12FIN2O. The third-order valence-electron chi connectivity index (χ3n) is 2.53. The van der Waals surface area contributed by atoms with Gasteiger partial charge in [-0.1, -0.05) is 0 Å². The first-order valence-electron chi connectivity index (χ1n) is 5.06. The van der Waals surface area contributed by atoms with E-state index in [1.54, 1.807) is 14.0 Å². The molecule has 0 fully saturated rings. The number of carbonyl (C=O) groups is 1. The molecule has 0 bridgehead atoms. The summed E-state index contributed by atoms with van der Waals surface area (Å²) in [6, 6.07) is 5.91. The Morgan fingerprint density at radius 2 is 2.29 bits per heavy atom. The Morgan fingerprint density at radius 1 is 1.65 bits per heavy atom. The van der Waals surface area contributed by atoms with Gasteiger partial charge in [0.1, 0.15) is 5.82 Å². The summed E-state index contributed by atoms with van der Waals surface area (Å²) >= 11 is 1.93. The Balaban J connectivity index is 2.93. The van der Waals surface area contributed by atoms with E-state index in [0.717, 1.165) is 0 Å².